The highest BCUT2D eigenvalue weighted by atomic mass is 16.5. The SMILES string of the molecule is COc1ccc(C[C@H](NC(=O)CC2(NC(=O)OCc3ccccc3)CC2)C(=O)O)cc1. The number of nitrogens with one attached hydrogen (secondary N) is 2. The van der Waals surface area contributed by atoms with Crippen LogP contribution in [0.3, 0.4) is 0 Å². The van der Waals surface area contributed by atoms with Gasteiger partial charge in [-0.1, -0.05) is 42.5 Å². The first-order valence-corrected chi connectivity index (χ1v) is 10.0. The minimum absolute atomic E-state index is 0.000169. The number of carbonyl (C=O) groups excluding carboxylic acids is 2. The Hall–Kier alpha value is -3.55. The fourth-order valence-electron chi connectivity index (χ4n) is 3.22. The molecule has 31 heavy (non-hydrogen) atoms. The van der Waals surface area contributed by atoms with Gasteiger partial charge in [-0.15, -0.1) is 0 Å². The summed E-state index contributed by atoms with van der Waals surface area (Å²) < 4.78 is 10.3. The Balaban J connectivity index is 1.49. The van der Waals surface area contributed by atoms with Crippen LogP contribution < -0.4 is 15.4 Å². The fourth-order valence-corrected chi connectivity index (χ4v) is 3.22. The lowest BCUT2D eigenvalue weighted by Gasteiger charge is -2.19. The second-order valence-electron chi connectivity index (χ2n) is 7.65. The van der Waals surface area contributed by atoms with E-state index in [1.165, 1.54) is 0 Å². The Morgan fingerprint density at radius 2 is 1.71 bits per heavy atom. The van der Waals surface area contributed by atoms with Gasteiger partial charge in [-0.2, -0.15) is 0 Å². The van der Waals surface area contributed by atoms with Gasteiger partial charge >= 0.3 is 12.1 Å². The third-order valence-corrected chi connectivity index (χ3v) is 5.16. The number of amides is 2. The topological polar surface area (TPSA) is 114 Å². The average molecular weight is 426 g/mol. The molecule has 8 heteroatoms. The molecule has 0 heterocycles. The van der Waals surface area contributed by atoms with Gasteiger partial charge in [-0.25, -0.2) is 9.59 Å². The van der Waals surface area contributed by atoms with Gasteiger partial charge in [0.25, 0.3) is 0 Å². The second kappa shape index (κ2) is 9.97. The summed E-state index contributed by atoms with van der Waals surface area (Å²) in [7, 11) is 1.55. The third-order valence-electron chi connectivity index (χ3n) is 5.16. The van der Waals surface area contributed by atoms with E-state index in [0.29, 0.717) is 18.6 Å². The lowest BCUT2D eigenvalue weighted by Crippen LogP contribution is -2.46. The molecule has 3 rings (SSSR count). The standard InChI is InChI=1S/C23H26N2O6/c1-30-18-9-7-16(8-10-18)13-19(21(27)28)24-20(26)14-23(11-12-23)25-22(29)31-15-17-5-3-2-4-6-17/h2-10,19H,11-15H2,1H3,(H,24,26)(H,25,29)(H,27,28)/t19-/m0/s1. The van der Waals surface area contributed by atoms with E-state index < -0.39 is 29.6 Å². The Morgan fingerprint density at radius 3 is 2.29 bits per heavy atom. The van der Waals surface area contributed by atoms with Crippen LogP contribution in [0.4, 0.5) is 4.79 Å². The lowest BCUT2D eigenvalue weighted by atomic mass is 10.0. The first-order valence-electron chi connectivity index (χ1n) is 10.0. The number of hydrogen-bond acceptors (Lipinski definition) is 5. The number of carboxylic acids is 1. The fraction of sp³-hybridized carbons (Fsp3) is 0.348. The number of carbonyl (C=O) groups is 3. The quantitative estimate of drug-likeness (QED) is 0.538. The van der Waals surface area contributed by atoms with Crippen LogP contribution in [0.25, 0.3) is 0 Å². The molecule has 1 fully saturated rings. The zero-order valence-electron chi connectivity index (χ0n) is 17.3. The predicted molar refractivity (Wildman–Crippen MR) is 113 cm³/mol. The van der Waals surface area contributed by atoms with Crippen molar-refractivity contribution in [2.75, 3.05) is 7.11 Å². The van der Waals surface area contributed by atoms with Crippen molar-refractivity contribution in [2.45, 2.75) is 43.9 Å². The average Bonchev–Trinajstić information content (AvgIpc) is 3.51. The van der Waals surface area contributed by atoms with Crippen molar-refractivity contribution in [3.8, 4) is 5.75 Å². The summed E-state index contributed by atoms with van der Waals surface area (Å²) in [5.41, 5.74) is 0.946. The summed E-state index contributed by atoms with van der Waals surface area (Å²) in [6.45, 7) is 0.137. The summed E-state index contributed by atoms with van der Waals surface area (Å²) in [6, 6.07) is 15.2. The number of carboxylic acid groups (broad SMARTS) is 1. The molecule has 8 nitrogen and oxygen atoms in total. The number of benzene rings is 2. The molecule has 164 valence electrons. The summed E-state index contributed by atoms with van der Waals surface area (Å²) >= 11 is 0. The van der Waals surface area contributed by atoms with Gasteiger partial charge in [-0.05, 0) is 36.1 Å². The van der Waals surface area contributed by atoms with E-state index in [1.807, 2.05) is 30.3 Å². The lowest BCUT2D eigenvalue weighted by molar-refractivity contribution is -0.141. The molecule has 2 amide bonds. The Bertz CT molecular complexity index is 909. The molecule has 0 spiro atoms. The first kappa shape index (κ1) is 22.1. The van der Waals surface area contributed by atoms with Crippen LogP contribution in [0.15, 0.2) is 54.6 Å². The van der Waals surface area contributed by atoms with Crippen molar-refractivity contribution >= 4 is 18.0 Å². The molecule has 3 N–H and O–H groups in total. The molecule has 0 aliphatic heterocycles. The maximum atomic E-state index is 12.5. The molecule has 0 radical (unpaired) electrons. The number of ether oxygens (including phenoxy) is 2. The van der Waals surface area contributed by atoms with E-state index in [1.54, 1.807) is 31.4 Å². The Kier molecular flexibility index (Phi) is 7.12. The maximum absolute atomic E-state index is 12.5. The maximum Gasteiger partial charge on any atom is 0.407 e. The van der Waals surface area contributed by atoms with E-state index in [4.69, 9.17) is 9.47 Å². The molecular formula is C23H26N2O6. The summed E-state index contributed by atoms with van der Waals surface area (Å²) in [5, 5.41) is 14.8. The molecule has 1 aliphatic carbocycles. The molecule has 0 unspecified atom stereocenters. The van der Waals surface area contributed by atoms with Crippen LogP contribution in [0, 0.1) is 0 Å². The molecule has 2 aromatic carbocycles. The zero-order valence-corrected chi connectivity index (χ0v) is 17.3. The third kappa shape index (κ3) is 6.74. The highest BCUT2D eigenvalue weighted by Crippen LogP contribution is 2.38. The van der Waals surface area contributed by atoms with E-state index in [2.05, 4.69) is 10.6 Å². The summed E-state index contributed by atoms with van der Waals surface area (Å²) in [5.74, 6) is -0.883. The minimum atomic E-state index is -1.12. The number of aliphatic carboxylic acids is 1. The van der Waals surface area contributed by atoms with Crippen LogP contribution in [0.2, 0.25) is 0 Å². The van der Waals surface area contributed by atoms with Gasteiger partial charge in [-0.3, -0.25) is 4.79 Å². The van der Waals surface area contributed by atoms with E-state index >= 15 is 0 Å². The summed E-state index contributed by atoms with van der Waals surface area (Å²) in [4.78, 5) is 36.2. The monoisotopic (exact) mass is 426 g/mol. The zero-order chi connectivity index (χ0) is 22.3. The minimum Gasteiger partial charge on any atom is -0.497 e. The van der Waals surface area contributed by atoms with Crippen LogP contribution in [0.1, 0.15) is 30.4 Å². The van der Waals surface area contributed by atoms with Crippen molar-refractivity contribution in [3.63, 3.8) is 0 Å². The van der Waals surface area contributed by atoms with Crippen molar-refractivity contribution in [2.24, 2.45) is 0 Å². The van der Waals surface area contributed by atoms with Gasteiger partial charge in [0.05, 0.1) is 12.6 Å². The first-order chi connectivity index (χ1) is 14.9. The van der Waals surface area contributed by atoms with Gasteiger partial charge in [0.1, 0.15) is 18.4 Å². The van der Waals surface area contributed by atoms with E-state index in [0.717, 1.165) is 11.1 Å². The largest absolute Gasteiger partial charge is 0.497 e. The second-order valence-corrected chi connectivity index (χ2v) is 7.65. The molecule has 0 bridgehead atoms. The predicted octanol–water partition coefficient (Wildman–Crippen LogP) is 2.66. The van der Waals surface area contributed by atoms with Crippen molar-refractivity contribution in [1.29, 1.82) is 0 Å². The molecule has 1 saturated carbocycles. The van der Waals surface area contributed by atoms with Crippen LogP contribution in [0.5, 0.6) is 5.75 Å². The molecular weight excluding hydrogens is 400 g/mol. The molecule has 2 aromatic rings. The smallest absolute Gasteiger partial charge is 0.407 e. The van der Waals surface area contributed by atoms with Crippen LogP contribution in [-0.2, 0) is 27.4 Å². The summed E-state index contributed by atoms with van der Waals surface area (Å²) in [6.07, 6.45) is 0.820. The Morgan fingerprint density at radius 1 is 1.03 bits per heavy atom. The van der Waals surface area contributed by atoms with Gasteiger partial charge in [0.2, 0.25) is 5.91 Å². The number of rotatable bonds is 10. The van der Waals surface area contributed by atoms with Gasteiger partial charge in [0, 0.05) is 12.8 Å². The molecule has 1 atom stereocenters. The molecule has 0 saturated heterocycles. The number of hydrogen-bond donors (Lipinski definition) is 3. The van der Waals surface area contributed by atoms with Gasteiger partial charge < -0.3 is 25.2 Å². The number of methoxy groups -OCH3 is 1. The van der Waals surface area contributed by atoms with E-state index in [-0.39, 0.29) is 19.4 Å². The van der Waals surface area contributed by atoms with Crippen molar-refractivity contribution in [1.82, 2.24) is 10.6 Å². The highest BCUT2D eigenvalue weighted by molar-refractivity contribution is 5.85. The van der Waals surface area contributed by atoms with Gasteiger partial charge in [0.15, 0.2) is 0 Å². The normalized spacial score (nSPS) is 14.7. The Labute approximate surface area is 180 Å². The van der Waals surface area contributed by atoms with Crippen LogP contribution >= 0.6 is 0 Å². The van der Waals surface area contributed by atoms with E-state index in [9.17, 15) is 19.5 Å². The molecule has 0 aromatic heterocycles. The highest BCUT2D eigenvalue weighted by Gasteiger charge is 2.46. The van der Waals surface area contributed by atoms with Crippen LogP contribution in [-0.4, -0.2) is 41.8 Å². The van der Waals surface area contributed by atoms with Crippen molar-refractivity contribution < 1.29 is 29.0 Å². The van der Waals surface area contributed by atoms with Crippen molar-refractivity contribution in [3.05, 3.63) is 65.7 Å². The molecule has 1 aliphatic rings. The number of alkyl carbamates (subject to hydrolysis) is 1.